The zero-order valence-electron chi connectivity index (χ0n) is 14.1. The molecule has 0 atom stereocenters. The number of aromatic nitrogens is 5. The fraction of sp³-hybridized carbons (Fsp3) is 0.0588. The summed E-state index contributed by atoms with van der Waals surface area (Å²) in [4.78, 5) is 24.6. The molecule has 2 aromatic heterocycles. The molecule has 0 fully saturated rings. The normalized spacial score (nSPS) is 11.0. The van der Waals surface area contributed by atoms with E-state index in [1.165, 1.54) is 12.1 Å². The Hall–Kier alpha value is -3.73. The van der Waals surface area contributed by atoms with Crippen molar-refractivity contribution in [2.75, 3.05) is 5.75 Å². The molecule has 0 unspecified atom stereocenters. The van der Waals surface area contributed by atoms with Gasteiger partial charge in [-0.25, -0.2) is 0 Å². The van der Waals surface area contributed by atoms with Crippen LogP contribution in [0.5, 0.6) is 0 Å². The standard InChI is InChI=1S/C17H12N6O4S/c24-15(25)8-28-17-19-16(21-22-17)10-4-9(5-11(6-10)23(26)27)12-2-1-3-14-13(12)7-18-20-14/h1-7H,8H2,(H,18,20)(H,24,25)(H,19,21,22). The number of fused-ring (bicyclic) bond motifs is 1. The maximum absolute atomic E-state index is 11.4. The van der Waals surface area contributed by atoms with Gasteiger partial charge in [0.05, 0.1) is 22.4 Å². The lowest BCUT2D eigenvalue weighted by atomic mass is 9.99. The largest absolute Gasteiger partial charge is 0.481 e. The summed E-state index contributed by atoms with van der Waals surface area (Å²) in [5.74, 6) is -0.830. The van der Waals surface area contributed by atoms with Gasteiger partial charge in [0.1, 0.15) is 0 Å². The maximum Gasteiger partial charge on any atom is 0.313 e. The molecule has 10 nitrogen and oxygen atoms in total. The first-order chi connectivity index (χ1) is 13.5. The Kier molecular flexibility index (Phi) is 4.49. The van der Waals surface area contributed by atoms with E-state index in [2.05, 4.69) is 25.4 Å². The minimum atomic E-state index is -0.978. The molecule has 3 N–H and O–H groups in total. The van der Waals surface area contributed by atoms with Crippen molar-refractivity contribution >= 4 is 34.3 Å². The first-order valence-electron chi connectivity index (χ1n) is 8.01. The van der Waals surface area contributed by atoms with Crippen LogP contribution in [0.25, 0.3) is 33.4 Å². The lowest BCUT2D eigenvalue weighted by Crippen LogP contribution is -1.97. The number of carboxylic acids is 1. The van der Waals surface area contributed by atoms with Crippen LogP contribution in [0.1, 0.15) is 0 Å². The van der Waals surface area contributed by atoms with Crippen molar-refractivity contribution in [2.45, 2.75) is 5.16 Å². The van der Waals surface area contributed by atoms with Gasteiger partial charge < -0.3 is 10.1 Å². The van der Waals surface area contributed by atoms with Gasteiger partial charge in [-0.3, -0.25) is 20.0 Å². The molecule has 0 spiro atoms. The van der Waals surface area contributed by atoms with E-state index in [1.54, 1.807) is 12.3 Å². The molecule has 4 rings (SSSR count). The van der Waals surface area contributed by atoms with Crippen LogP contribution >= 0.6 is 11.8 Å². The fourth-order valence-corrected chi connectivity index (χ4v) is 3.33. The van der Waals surface area contributed by atoms with Gasteiger partial charge in [-0.15, -0.1) is 10.2 Å². The summed E-state index contributed by atoms with van der Waals surface area (Å²) in [7, 11) is 0. The van der Waals surface area contributed by atoms with Crippen LogP contribution < -0.4 is 0 Å². The molecule has 2 heterocycles. The summed E-state index contributed by atoms with van der Waals surface area (Å²) in [6.45, 7) is 0. The van der Waals surface area contributed by atoms with Crippen LogP contribution in [-0.4, -0.2) is 47.1 Å². The number of nitrogens with one attached hydrogen (secondary N) is 2. The number of thioether (sulfide) groups is 1. The minimum absolute atomic E-state index is 0.0934. The number of aromatic amines is 2. The van der Waals surface area contributed by atoms with Gasteiger partial charge >= 0.3 is 5.97 Å². The highest BCUT2D eigenvalue weighted by atomic mass is 32.2. The molecule has 0 aliphatic carbocycles. The molecule has 0 aliphatic heterocycles. The van der Waals surface area contributed by atoms with E-state index in [4.69, 9.17) is 5.11 Å². The Morgan fingerprint density at radius 1 is 1.21 bits per heavy atom. The Labute approximate surface area is 161 Å². The topological polar surface area (TPSA) is 151 Å². The first-order valence-corrected chi connectivity index (χ1v) is 8.99. The van der Waals surface area contributed by atoms with Crippen LogP contribution in [0.2, 0.25) is 0 Å². The van der Waals surface area contributed by atoms with Gasteiger partial charge in [0, 0.05) is 23.1 Å². The second kappa shape index (κ2) is 7.12. The van der Waals surface area contributed by atoms with Gasteiger partial charge in [-0.2, -0.15) is 5.10 Å². The number of carbonyl (C=O) groups is 1. The second-order valence-corrected chi connectivity index (χ2v) is 6.79. The number of non-ortho nitro benzene ring substituents is 1. The van der Waals surface area contributed by atoms with Gasteiger partial charge in [0.15, 0.2) is 11.0 Å². The first kappa shape index (κ1) is 17.7. The van der Waals surface area contributed by atoms with E-state index in [1.807, 2.05) is 18.2 Å². The summed E-state index contributed by atoms with van der Waals surface area (Å²) in [6, 6.07) is 10.2. The highest BCUT2D eigenvalue weighted by Gasteiger charge is 2.16. The predicted molar refractivity (Wildman–Crippen MR) is 102 cm³/mol. The number of H-pyrrole nitrogens is 2. The SMILES string of the molecule is O=C(O)CSc1nnc(-c2cc(-c3cccc4[nH]ncc34)cc([N+](=O)[O-])c2)[nH]1. The molecule has 2 aromatic carbocycles. The molecule has 28 heavy (non-hydrogen) atoms. The van der Waals surface area contributed by atoms with E-state index < -0.39 is 10.9 Å². The van der Waals surface area contributed by atoms with Crippen LogP contribution in [0.15, 0.2) is 47.8 Å². The van der Waals surface area contributed by atoms with Crippen LogP contribution in [0.4, 0.5) is 5.69 Å². The van der Waals surface area contributed by atoms with E-state index in [-0.39, 0.29) is 11.4 Å². The zero-order chi connectivity index (χ0) is 19.7. The molecule has 0 saturated carbocycles. The van der Waals surface area contributed by atoms with E-state index in [9.17, 15) is 14.9 Å². The van der Waals surface area contributed by atoms with E-state index in [0.717, 1.165) is 28.2 Å². The minimum Gasteiger partial charge on any atom is -0.481 e. The Bertz CT molecular complexity index is 1200. The molecular formula is C17H12N6O4S. The lowest BCUT2D eigenvalue weighted by Gasteiger charge is -2.06. The number of carboxylic acid groups (broad SMARTS) is 1. The molecular weight excluding hydrogens is 384 g/mol. The lowest BCUT2D eigenvalue weighted by molar-refractivity contribution is -0.384. The maximum atomic E-state index is 11.4. The van der Waals surface area contributed by atoms with Crippen LogP contribution in [-0.2, 0) is 4.79 Å². The highest BCUT2D eigenvalue weighted by Crippen LogP contribution is 2.33. The van der Waals surface area contributed by atoms with Gasteiger partial charge in [-0.05, 0) is 23.3 Å². The predicted octanol–water partition coefficient (Wildman–Crippen LogP) is 3.10. The molecule has 0 bridgehead atoms. The van der Waals surface area contributed by atoms with Crippen molar-refractivity contribution < 1.29 is 14.8 Å². The Balaban J connectivity index is 1.80. The number of nitro groups is 1. The average Bonchev–Trinajstić information content (AvgIpc) is 3.35. The van der Waals surface area contributed by atoms with Crippen LogP contribution in [0.3, 0.4) is 0 Å². The van der Waals surface area contributed by atoms with Crippen molar-refractivity contribution in [2.24, 2.45) is 0 Å². The van der Waals surface area contributed by atoms with Crippen molar-refractivity contribution in [3.05, 3.63) is 52.7 Å². The number of hydrogen-bond acceptors (Lipinski definition) is 7. The van der Waals surface area contributed by atoms with Crippen molar-refractivity contribution in [3.63, 3.8) is 0 Å². The number of hydrogen-bond donors (Lipinski definition) is 3. The summed E-state index contributed by atoms with van der Waals surface area (Å²) in [5, 5.41) is 36.1. The average molecular weight is 396 g/mol. The van der Waals surface area contributed by atoms with Gasteiger partial charge in [0.2, 0.25) is 0 Å². The van der Waals surface area contributed by atoms with Crippen molar-refractivity contribution in [3.8, 4) is 22.5 Å². The van der Waals surface area contributed by atoms with Gasteiger partial charge in [-0.1, -0.05) is 23.9 Å². The zero-order valence-corrected chi connectivity index (χ0v) is 14.9. The van der Waals surface area contributed by atoms with Gasteiger partial charge in [0.25, 0.3) is 5.69 Å². The van der Waals surface area contributed by atoms with Crippen molar-refractivity contribution in [1.82, 2.24) is 25.4 Å². The third kappa shape index (κ3) is 3.42. The molecule has 0 saturated heterocycles. The van der Waals surface area contributed by atoms with Crippen LogP contribution in [0, 0.1) is 10.1 Å². The molecule has 140 valence electrons. The molecule has 0 radical (unpaired) electrons. The molecule has 0 aliphatic rings. The molecule has 0 amide bonds. The van der Waals surface area contributed by atoms with E-state index in [0.29, 0.717) is 22.1 Å². The Morgan fingerprint density at radius 2 is 2.04 bits per heavy atom. The second-order valence-electron chi connectivity index (χ2n) is 5.82. The third-order valence-electron chi connectivity index (χ3n) is 4.00. The number of benzene rings is 2. The summed E-state index contributed by atoms with van der Waals surface area (Å²) in [6.07, 6.45) is 1.66. The van der Waals surface area contributed by atoms with Crippen molar-refractivity contribution in [1.29, 1.82) is 0 Å². The third-order valence-corrected chi connectivity index (χ3v) is 4.84. The molecule has 11 heteroatoms. The fourth-order valence-electron chi connectivity index (χ4n) is 2.80. The smallest absolute Gasteiger partial charge is 0.313 e. The summed E-state index contributed by atoms with van der Waals surface area (Å²) >= 11 is 0.983. The number of rotatable bonds is 6. The number of aliphatic carboxylic acids is 1. The number of nitro benzene ring substituents is 1. The monoisotopic (exact) mass is 396 g/mol. The molecule has 4 aromatic rings. The Morgan fingerprint density at radius 3 is 2.82 bits per heavy atom. The number of nitrogens with zero attached hydrogens (tertiary/aromatic N) is 4. The van der Waals surface area contributed by atoms with E-state index >= 15 is 0 Å². The highest BCUT2D eigenvalue weighted by molar-refractivity contribution is 7.99. The summed E-state index contributed by atoms with van der Waals surface area (Å²) in [5.41, 5.74) is 2.62. The quantitative estimate of drug-likeness (QED) is 0.255. The summed E-state index contributed by atoms with van der Waals surface area (Å²) < 4.78 is 0.